The second-order valence-electron chi connectivity index (χ2n) is 9.71. The normalized spacial score (nSPS) is 20.5. The van der Waals surface area contributed by atoms with E-state index in [0.717, 1.165) is 42.9 Å². The second-order valence-corrected chi connectivity index (χ2v) is 9.71. The number of carbonyl (C=O) groups is 2. The number of hydrogen-bond acceptors (Lipinski definition) is 7. The molecule has 2 aromatic heterocycles. The smallest absolute Gasteiger partial charge is 0.273 e. The van der Waals surface area contributed by atoms with Crippen molar-refractivity contribution in [3.63, 3.8) is 0 Å². The molecule has 9 nitrogen and oxygen atoms in total. The van der Waals surface area contributed by atoms with Crippen molar-refractivity contribution in [1.82, 2.24) is 24.8 Å². The molecule has 5 heterocycles. The van der Waals surface area contributed by atoms with Crippen molar-refractivity contribution in [3.05, 3.63) is 41.3 Å². The van der Waals surface area contributed by atoms with Crippen LogP contribution in [-0.4, -0.2) is 81.4 Å². The Kier molecular flexibility index (Phi) is 6.10. The van der Waals surface area contributed by atoms with Gasteiger partial charge in [0.15, 0.2) is 0 Å². The van der Waals surface area contributed by atoms with Gasteiger partial charge >= 0.3 is 0 Å². The van der Waals surface area contributed by atoms with E-state index in [-0.39, 0.29) is 17.9 Å². The van der Waals surface area contributed by atoms with Crippen LogP contribution in [0, 0.1) is 0 Å². The van der Waals surface area contributed by atoms with Crippen LogP contribution in [0.3, 0.4) is 0 Å². The average Bonchev–Trinajstić information content (AvgIpc) is 3.43. The standard InChI is InChI=1S/C25H33N7O2/c1-17(2)32-16-21-22(24(32)34)27-25(30-13-11-29(12-14-30)18(3)33)28-23(21)31-10-6-8-20(31)15-19-7-4-5-9-26-19/h4-5,7,9,17,20H,6,8,10-16H2,1-3H3. The van der Waals surface area contributed by atoms with Gasteiger partial charge in [-0.05, 0) is 38.8 Å². The lowest BCUT2D eigenvalue weighted by molar-refractivity contribution is -0.129. The van der Waals surface area contributed by atoms with Gasteiger partial charge in [-0.2, -0.15) is 4.98 Å². The van der Waals surface area contributed by atoms with Gasteiger partial charge in [0.25, 0.3) is 5.91 Å². The topological polar surface area (TPSA) is 85.8 Å². The SMILES string of the molecule is CC(=O)N1CCN(c2nc3c(c(N4CCCC4Cc4ccccn4)n2)CN(C(C)C)C3=O)CC1. The molecule has 2 aromatic rings. The molecule has 180 valence electrons. The maximum Gasteiger partial charge on any atom is 0.273 e. The lowest BCUT2D eigenvalue weighted by Gasteiger charge is -2.35. The van der Waals surface area contributed by atoms with Gasteiger partial charge in [0, 0.05) is 75.6 Å². The fourth-order valence-corrected chi connectivity index (χ4v) is 5.27. The molecular formula is C25H33N7O2. The predicted octanol–water partition coefficient (Wildman–Crippen LogP) is 2.12. The molecule has 0 spiro atoms. The van der Waals surface area contributed by atoms with E-state index < -0.39 is 0 Å². The Hall–Kier alpha value is -3.23. The van der Waals surface area contributed by atoms with Gasteiger partial charge in [-0.15, -0.1) is 0 Å². The summed E-state index contributed by atoms with van der Waals surface area (Å²) in [5, 5.41) is 0. The van der Waals surface area contributed by atoms with E-state index in [1.807, 2.05) is 42.0 Å². The van der Waals surface area contributed by atoms with E-state index in [4.69, 9.17) is 9.97 Å². The van der Waals surface area contributed by atoms with Crippen LogP contribution in [0.15, 0.2) is 24.4 Å². The summed E-state index contributed by atoms with van der Waals surface area (Å²) in [7, 11) is 0. The van der Waals surface area contributed by atoms with E-state index in [1.165, 1.54) is 0 Å². The summed E-state index contributed by atoms with van der Waals surface area (Å²) in [5.41, 5.74) is 2.55. The zero-order chi connectivity index (χ0) is 23.8. The van der Waals surface area contributed by atoms with Crippen LogP contribution < -0.4 is 9.80 Å². The van der Waals surface area contributed by atoms with E-state index in [2.05, 4.69) is 20.9 Å². The Bertz CT molecular complexity index is 1070. The summed E-state index contributed by atoms with van der Waals surface area (Å²) in [6.45, 7) is 9.76. The molecule has 9 heteroatoms. The van der Waals surface area contributed by atoms with Crippen molar-refractivity contribution < 1.29 is 9.59 Å². The quantitative estimate of drug-likeness (QED) is 0.671. The monoisotopic (exact) mass is 463 g/mol. The van der Waals surface area contributed by atoms with E-state index in [0.29, 0.717) is 50.4 Å². The average molecular weight is 464 g/mol. The number of piperazine rings is 1. The molecule has 1 atom stereocenters. The van der Waals surface area contributed by atoms with Crippen LogP contribution >= 0.6 is 0 Å². The Morgan fingerprint density at radius 2 is 1.91 bits per heavy atom. The van der Waals surface area contributed by atoms with Gasteiger partial charge < -0.3 is 19.6 Å². The molecular weight excluding hydrogens is 430 g/mol. The number of nitrogens with zero attached hydrogens (tertiary/aromatic N) is 7. The van der Waals surface area contributed by atoms with Crippen LogP contribution in [0.2, 0.25) is 0 Å². The fourth-order valence-electron chi connectivity index (χ4n) is 5.27. The van der Waals surface area contributed by atoms with Crippen LogP contribution in [0.5, 0.6) is 0 Å². The van der Waals surface area contributed by atoms with Gasteiger partial charge in [0.1, 0.15) is 11.5 Å². The van der Waals surface area contributed by atoms with Gasteiger partial charge in [-0.3, -0.25) is 14.6 Å². The fraction of sp³-hybridized carbons (Fsp3) is 0.560. The third-order valence-electron chi connectivity index (χ3n) is 7.22. The maximum absolute atomic E-state index is 13.3. The molecule has 2 amide bonds. The molecule has 34 heavy (non-hydrogen) atoms. The highest BCUT2D eigenvalue weighted by Crippen LogP contribution is 2.36. The van der Waals surface area contributed by atoms with E-state index >= 15 is 0 Å². The molecule has 0 aliphatic carbocycles. The van der Waals surface area contributed by atoms with Gasteiger partial charge in [0.05, 0.1) is 6.54 Å². The first-order valence-corrected chi connectivity index (χ1v) is 12.3. The van der Waals surface area contributed by atoms with Crippen LogP contribution in [-0.2, 0) is 17.8 Å². The van der Waals surface area contributed by atoms with Gasteiger partial charge in [-0.25, -0.2) is 4.98 Å². The highest BCUT2D eigenvalue weighted by molar-refractivity contribution is 5.98. The summed E-state index contributed by atoms with van der Waals surface area (Å²) in [4.78, 5) is 47.7. The summed E-state index contributed by atoms with van der Waals surface area (Å²) < 4.78 is 0. The van der Waals surface area contributed by atoms with E-state index in [1.54, 1.807) is 6.92 Å². The lowest BCUT2D eigenvalue weighted by atomic mass is 10.1. The minimum absolute atomic E-state index is 0.0160. The zero-order valence-corrected chi connectivity index (χ0v) is 20.3. The molecule has 3 aliphatic heterocycles. The van der Waals surface area contributed by atoms with Gasteiger partial charge in [0.2, 0.25) is 11.9 Å². The lowest BCUT2D eigenvalue weighted by Crippen LogP contribution is -2.48. The Morgan fingerprint density at radius 1 is 1.12 bits per heavy atom. The van der Waals surface area contributed by atoms with Crippen LogP contribution in [0.25, 0.3) is 0 Å². The number of fused-ring (bicyclic) bond motifs is 1. The molecule has 1 unspecified atom stereocenters. The van der Waals surface area contributed by atoms with Gasteiger partial charge in [-0.1, -0.05) is 6.07 Å². The molecule has 0 bridgehead atoms. The zero-order valence-electron chi connectivity index (χ0n) is 20.3. The van der Waals surface area contributed by atoms with Crippen molar-refractivity contribution in [2.24, 2.45) is 0 Å². The number of rotatable bonds is 5. The summed E-state index contributed by atoms with van der Waals surface area (Å²) in [5.74, 6) is 1.56. The first-order valence-electron chi connectivity index (χ1n) is 12.3. The number of pyridine rings is 1. The third-order valence-corrected chi connectivity index (χ3v) is 7.22. The van der Waals surface area contributed by atoms with Crippen molar-refractivity contribution in [1.29, 1.82) is 0 Å². The first kappa shape index (κ1) is 22.6. The minimum Gasteiger partial charge on any atom is -0.353 e. The molecule has 0 saturated carbocycles. The number of hydrogen-bond donors (Lipinski definition) is 0. The van der Waals surface area contributed by atoms with Crippen molar-refractivity contribution in [2.75, 3.05) is 42.5 Å². The summed E-state index contributed by atoms with van der Waals surface area (Å²) >= 11 is 0. The Morgan fingerprint density at radius 3 is 2.59 bits per heavy atom. The Balaban J connectivity index is 1.49. The van der Waals surface area contributed by atoms with Crippen LogP contribution in [0.4, 0.5) is 11.8 Å². The molecule has 2 saturated heterocycles. The third kappa shape index (κ3) is 4.19. The minimum atomic E-state index is -0.0160. The number of anilines is 2. The second kappa shape index (κ2) is 9.19. The highest BCUT2D eigenvalue weighted by atomic mass is 16.2. The molecule has 2 fully saturated rings. The molecule has 3 aliphatic rings. The van der Waals surface area contributed by atoms with Crippen molar-refractivity contribution >= 4 is 23.6 Å². The number of aromatic nitrogens is 3. The predicted molar refractivity (Wildman–Crippen MR) is 130 cm³/mol. The van der Waals surface area contributed by atoms with Crippen LogP contribution in [0.1, 0.15) is 55.4 Å². The largest absolute Gasteiger partial charge is 0.353 e. The van der Waals surface area contributed by atoms with Crippen molar-refractivity contribution in [2.45, 2.75) is 58.7 Å². The van der Waals surface area contributed by atoms with E-state index in [9.17, 15) is 9.59 Å². The summed E-state index contributed by atoms with van der Waals surface area (Å²) in [6.07, 6.45) is 4.86. The highest BCUT2D eigenvalue weighted by Gasteiger charge is 2.38. The Labute approximate surface area is 200 Å². The van der Waals surface area contributed by atoms with Crippen molar-refractivity contribution in [3.8, 4) is 0 Å². The first-order chi connectivity index (χ1) is 16.4. The molecule has 0 N–H and O–H groups in total. The molecule has 0 aromatic carbocycles. The number of amides is 2. The molecule has 5 rings (SSSR count). The number of carbonyl (C=O) groups excluding carboxylic acids is 2. The summed E-state index contributed by atoms with van der Waals surface area (Å²) in [6, 6.07) is 6.43. The maximum atomic E-state index is 13.3. The molecule has 0 radical (unpaired) electrons.